The minimum absolute atomic E-state index is 0.0117. The Morgan fingerprint density at radius 3 is 2.82 bits per heavy atom. The summed E-state index contributed by atoms with van der Waals surface area (Å²) >= 11 is 0. The van der Waals surface area contributed by atoms with Crippen molar-refractivity contribution in [2.45, 2.75) is 12.5 Å². The Bertz CT molecular complexity index is 388. The van der Waals surface area contributed by atoms with Crippen LogP contribution in [-0.4, -0.2) is 30.5 Å². The number of benzene rings is 1. The van der Waals surface area contributed by atoms with Crippen molar-refractivity contribution in [2.75, 3.05) is 19.7 Å². The van der Waals surface area contributed by atoms with E-state index in [1.165, 1.54) is 11.6 Å². The summed E-state index contributed by atoms with van der Waals surface area (Å²) in [4.78, 5) is 13.3. The molecule has 1 heterocycles. The molecule has 1 aromatic carbocycles. The summed E-state index contributed by atoms with van der Waals surface area (Å²) in [5, 5.41) is 0. The molecule has 0 radical (unpaired) electrons. The molecule has 17 heavy (non-hydrogen) atoms. The SMILES string of the molecule is C=CC(=O)N1CCOC(c2ccccc2)CC1. The van der Waals surface area contributed by atoms with Crippen molar-refractivity contribution in [3.63, 3.8) is 0 Å². The summed E-state index contributed by atoms with van der Waals surface area (Å²) in [5.41, 5.74) is 1.18. The predicted octanol–water partition coefficient (Wildman–Crippen LogP) is 2.16. The van der Waals surface area contributed by atoms with E-state index in [-0.39, 0.29) is 12.0 Å². The third kappa shape index (κ3) is 2.94. The second-order valence-corrected chi connectivity index (χ2v) is 4.09. The average molecular weight is 231 g/mol. The Kier molecular flexibility index (Phi) is 3.94. The van der Waals surface area contributed by atoms with Gasteiger partial charge in [0.25, 0.3) is 0 Å². The zero-order valence-corrected chi connectivity index (χ0v) is 9.84. The van der Waals surface area contributed by atoms with Gasteiger partial charge in [-0.1, -0.05) is 36.9 Å². The van der Waals surface area contributed by atoms with Gasteiger partial charge in [0.05, 0.1) is 12.7 Å². The third-order valence-corrected chi connectivity index (χ3v) is 3.00. The lowest BCUT2D eigenvalue weighted by atomic mass is 10.1. The number of nitrogens with zero attached hydrogens (tertiary/aromatic N) is 1. The molecule has 1 atom stereocenters. The van der Waals surface area contributed by atoms with Gasteiger partial charge in [0.1, 0.15) is 0 Å². The standard InChI is InChI=1S/C14H17NO2/c1-2-14(16)15-9-8-13(17-11-10-15)12-6-4-3-5-7-12/h2-7,13H,1,8-11H2. The molecule has 0 N–H and O–H groups in total. The largest absolute Gasteiger partial charge is 0.372 e. The Balaban J connectivity index is 2.01. The molecule has 1 fully saturated rings. The van der Waals surface area contributed by atoms with Gasteiger partial charge in [-0.2, -0.15) is 0 Å². The third-order valence-electron chi connectivity index (χ3n) is 3.00. The first-order valence-electron chi connectivity index (χ1n) is 5.89. The zero-order chi connectivity index (χ0) is 12.1. The maximum Gasteiger partial charge on any atom is 0.246 e. The number of ether oxygens (including phenoxy) is 1. The lowest BCUT2D eigenvalue weighted by Crippen LogP contribution is -2.31. The Labute approximate surface area is 102 Å². The van der Waals surface area contributed by atoms with Crippen LogP contribution in [-0.2, 0) is 9.53 Å². The molecule has 0 spiro atoms. The van der Waals surface area contributed by atoms with Gasteiger partial charge in [-0.15, -0.1) is 0 Å². The van der Waals surface area contributed by atoms with Crippen LogP contribution >= 0.6 is 0 Å². The Morgan fingerprint density at radius 2 is 2.12 bits per heavy atom. The van der Waals surface area contributed by atoms with E-state index >= 15 is 0 Å². The van der Waals surface area contributed by atoms with Crippen molar-refractivity contribution in [3.05, 3.63) is 48.6 Å². The van der Waals surface area contributed by atoms with Crippen LogP contribution in [0.5, 0.6) is 0 Å². The summed E-state index contributed by atoms with van der Waals surface area (Å²) in [6.07, 6.45) is 2.30. The zero-order valence-electron chi connectivity index (χ0n) is 9.84. The molecule has 1 unspecified atom stereocenters. The maximum atomic E-state index is 11.5. The summed E-state index contributed by atoms with van der Waals surface area (Å²) in [6.45, 7) is 5.47. The monoisotopic (exact) mass is 231 g/mol. The van der Waals surface area contributed by atoms with Gasteiger partial charge >= 0.3 is 0 Å². The van der Waals surface area contributed by atoms with Crippen molar-refractivity contribution in [1.29, 1.82) is 0 Å². The molecule has 0 aliphatic carbocycles. The van der Waals surface area contributed by atoms with E-state index in [2.05, 4.69) is 18.7 Å². The number of hydrogen-bond donors (Lipinski definition) is 0. The van der Waals surface area contributed by atoms with Crippen LogP contribution in [0.3, 0.4) is 0 Å². The van der Waals surface area contributed by atoms with Crippen LogP contribution in [0.1, 0.15) is 18.1 Å². The molecule has 1 saturated heterocycles. The molecule has 90 valence electrons. The van der Waals surface area contributed by atoms with Gasteiger partial charge in [0.15, 0.2) is 0 Å². The fourth-order valence-electron chi connectivity index (χ4n) is 2.05. The fraction of sp³-hybridized carbons (Fsp3) is 0.357. The van der Waals surface area contributed by atoms with E-state index in [1.807, 2.05) is 18.2 Å². The highest BCUT2D eigenvalue weighted by Gasteiger charge is 2.20. The van der Waals surface area contributed by atoms with E-state index in [0.29, 0.717) is 13.2 Å². The van der Waals surface area contributed by atoms with E-state index in [9.17, 15) is 4.79 Å². The molecule has 1 aliphatic rings. The minimum atomic E-state index is -0.0117. The molecule has 1 aromatic rings. The average Bonchev–Trinajstić information content (AvgIpc) is 2.64. The molecular formula is C14H17NO2. The summed E-state index contributed by atoms with van der Waals surface area (Å²) in [7, 11) is 0. The number of carbonyl (C=O) groups is 1. The first kappa shape index (κ1) is 11.9. The van der Waals surface area contributed by atoms with Crippen molar-refractivity contribution in [1.82, 2.24) is 4.90 Å². The number of amides is 1. The van der Waals surface area contributed by atoms with E-state index in [1.54, 1.807) is 4.90 Å². The topological polar surface area (TPSA) is 29.5 Å². The highest BCUT2D eigenvalue weighted by Crippen LogP contribution is 2.23. The molecule has 3 heteroatoms. The van der Waals surface area contributed by atoms with E-state index in [4.69, 9.17) is 4.74 Å². The quantitative estimate of drug-likeness (QED) is 0.730. The molecular weight excluding hydrogens is 214 g/mol. The van der Waals surface area contributed by atoms with Crippen LogP contribution in [0.15, 0.2) is 43.0 Å². The van der Waals surface area contributed by atoms with Crippen LogP contribution in [0.4, 0.5) is 0 Å². The normalized spacial score (nSPS) is 20.7. The molecule has 3 nitrogen and oxygen atoms in total. The van der Waals surface area contributed by atoms with Gasteiger partial charge in [0, 0.05) is 13.1 Å². The van der Waals surface area contributed by atoms with Gasteiger partial charge in [-0.05, 0) is 18.1 Å². The van der Waals surface area contributed by atoms with Crippen molar-refractivity contribution >= 4 is 5.91 Å². The Hall–Kier alpha value is -1.61. The van der Waals surface area contributed by atoms with Crippen LogP contribution in [0.25, 0.3) is 0 Å². The van der Waals surface area contributed by atoms with Crippen LogP contribution in [0, 0.1) is 0 Å². The Morgan fingerprint density at radius 1 is 1.35 bits per heavy atom. The van der Waals surface area contributed by atoms with Crippen LogP contribution in [0.2, 0.25) is 0 Å². The lowest BCUT2D eigenvalue weighted by Gasteiger charge is -2.17. The van der Waals surface area contributed by atoms with Crippen molar-refractivity contribution in [3.8, 4) is 0 Å². The number of rotatable bonds is 2. The second kappa shape index (κ2) is 5.64. The highest BCUT2D eigenvalue weighted by molar-refractivity contribution is 5.86. The fourth-order valence-corrected chi connectivity index (χ4v) is 2.05. The lowest BCUT2D eigenvalue weighted by molar-refractivity contribution is -0.126. The minimum Gasteiger partial charge on any atom is -0.372 e. The van der Waals surface area contributed by atoms with E-state index < -0.39 is 0 Å². The van der Waals surface area contributed by atoms with Crippen molar-refractivity contribution in [2.24, 2.45) is 0 Å². The smallest absolute Gasteiger partial charge is 0.246 e. The first-order chi connectivity index (χ1) is 8.31. The second-order valence-electron chi connectivity index (χ2n) is 4.09. The summed E-state index contributed by atoms with van der Waals surface area (Å²) < 4.78 is 5.79. The maximum absolute atomic E-state index is 11.5. The number of hydrogen-bond acceptors (Lipinski definition) is 2. The molecule has 0 bridgehead atoms. The summed E-state index contributed by atoms with van der Waals surface area (Å²) in [6, 6.07) is 10.1. The van der Waals surface area contributed by atoms with Gasteiger partial charge < -0.3 is 9.64 Å². The van der Waals surface area contributed by atoms with Gasteiger partial charge in [0.2, 0.25) is 5.91 Å². The molecule has 0 aromatic heterocycles. The van der Waals surface area contributed by atoms with Crippen molar-refractivity contribution < 1.29 is 9.53 Å². The molecule has 1 amide bonds. The van der Waals surface area contributed by atoms with Gasteiger partial charge in [-0.25, -0.2) is 0 Å². The molecule has 0 saturated carbocycles. The first-order valence-corrected chi connectivity index (χ1v) is 5.89. The van der Waals surface area contributed by atoms with Gasteiger partial charge in [-0.3, -0.25) is 4.79 Å². The highest BCUT2D eigenvalue weighted by atomic mass is 16.5. The van der Waals surface area contributed by atoms with E-state index in [0.717, 1.165) is 13.0 Å². The molecule has 1 aliphatic heterocycles. The van der Waals surface area contributed by atoms with Crippen LogP contribution < -0.4 is 0 Å². The summed E-state index contributed by atoms with van der Waals surface area (Å²) in [5.74, 6) is -0.0117. The number of carbonyl (C=O) groups excluding carboxylic acids is 1. The molecule has 2 rings (SSSR count). The predicted molar refractivity (Wildman–Crippen MR) is 66.5 cm³/mol.